The summed E-state index contributed by atoms with van der Waals surface area (Å²) in [6.07, 6.45) is 7.26. The normalized spacial score (nSPS) is 16.0. The Hall–Kier alpha value is -2.66. The number of fused-ring (bicyclic) bond motifs is 2. The van der Waals surface area contributed by atoms with E-state index < -0.39 is 0 Å². The number of hydrogen-bond donors (Lipinski definition) is 1. The van der Waals surface area contributed by atoms with Gasteiger partial charge in [-0.3, -0.25) is 0 Å². The van der Waals surface area contributed by atoms with E-state index in [0.717, 1.165) is 40.4 Å². The quantitative estimate of drug-likeness (QED) is 0.460. The summed E-state index contributed by atoms with van der Waals surface area (Å²) in [7, 11) is 2.23. The SMILES string of the molecule is Cc1ccc2[nH]c(-c3ccc4c(ncn4CCCC4CCN(C)CC4)c3C)nc2c1C. The van der Waals surface area contributed by atoms with Gasteiger partial charge in [0.15, 0.2) is 0 Å². The van der Waals surface area contributed by atoms with Crippen molar-refractivity contribution < 1.29 is 0 Å². The highest BCUT2D eigenvalue weighted by atomic mass is 15.1. The van der Waals surface area contributed by atoms with Gasteiger partial charge in [0.2, 0.25) is 0 Å². The number of benzene rings is 2. The van der Waals surface area contributed by atoms with Gasteiger partial charge in [-0.1, -0.05) is 6.07 Å². The first-order chi connectivity index (χ1) is 15.0. The number of aromatic amines is 1. The molecule has 5 nitrogen and oxygen atoms in total. The molecule has 0 amide bonds. The summed E-state index contributed by atoms with van der Waals surface area (Å²) in [5.41, 5.74) is 9.32. The first-order valence-electron chi connectivity index (χ1n) is 11.6. The van der Waals surface area contributed by atoms with Crippen molar-refractivity contribution in [2.24, 2.45) is 5.92 Å². The Bertz CT molecular complexity index is 1220. The van der Waals surface area contributed by atoms with Crippen LogP contribution in [0.25, 0.3) is 33.5 Å². The van der Waals surface area contributed by atoms with E-state index in [2.05, 4.69) is 66.5 Å². The molecule has 0 spiro atoms. The smallest absolute Gasteiger partial charge is 0.138 e. The second-order valence-electron chi connectivity index (χ2n) is 9.42. The number of piperidine rings is 1. The minimum absolute atomic E-state index is 0.888. The van der Waals surface area contributed by atoms with E-state index in [1.54, 1.807) is 0 Å². The molecule has 0 saturated carbocycles. The second kappa shape index (κ2) is 8.12. The van der Waals surface area contributed by atoms with Crippen LogP contribution in [0.3, 0.4) is 0 Å². The number of nitrogens with one attached hydrogen (secondary N) is 1. The first kappa shape index (κ1) is 20.3. The molecular formula is C26H33N5. The molecule has 0 bridgehead atoms. The van der Waals surface area contributed by atoms with Crippen molar-refractivity contribution in [3.05, 3.63) is 47.3 Å². The van der Waals surface area contributed by atoms with Crippen molar-refractivity contribution in [1.29, 1.82) is 0 Å². The number of likely N-dealkylation sites (tertiary alicyclic amines) is 1. The van der Waals surface area contributed by atoms with E-state index in [1.165, 1.54) is 61.0 Å². The molecule has 2 aromatic carbocycles. The number of rotatable bonds is 5. The fourth-order valence-corrected chi connectivity index (χ4v) is 5.05. The largest absolute Gasteiger partial charge is 0.338 e. The summed E-state index contributed by atoms with van der Waals surface area (Å²) in [5.74, 6) is 1.82. The third-order valence-corrected chi connectivity index (χ3v) is 7.33. The van der Waals surface area contributed by atoms with Crippen molar-refractivity contribution >= 4 is 22.1 Å². The lowest BCUT2D eigenvalue weighted by atomic mass is 9.92. The highest BCUT2D eigenvalue weighted by Gasteiger charge is 2.17. The molecule has 1 saturated heterocycles. The van der Waals surface area contributed by atoms with Gasteiger partial charge in [0, 0.05) is 12.1 Å². The van der Waals surface area contributed by atoms with Gasteiger partial charge in [0.05, 0.1) is 28.4 Å². The van der Waals surface area contributed by atoms with Crippen LogP contribution >= 0.6 is 0 Å². The van der Waals surface area contributed by atoms with Crippen LogP contribution in [0.2, 0.25) is 0 Å². The van der Waals surface area contributed by atoms with Gasteiger partial charge in [0.25, 0.3) is 0 Å². The molecule has 1 aliphatic heterocycles. The molecule has 4 aromatic rings. The summed E-state index contributed by atoms with van der Waals surface area (Å²) < 4.78 is 2.33. The maximum Gasteiger partial charge on any atom is 0.138 e. The zero-order valence-corrected chi connectivity index (χ0v) is 19.2. The van der Waals surface area contributed by atoms with E-state index >= 15 is 0 Å². The van der Waals surface area contributed by atoms with Crippen molar-refractivity contribution in [1.82, 2.24) is 24.4 Å². The van der Waals surface area contributed by atoms with Crippen molar-refractivity contribution in [3.63, 3.8) is 0 Å². The summed E-state index contributed by atoms with van der Waals surface area (Å²) in [4.78, 5) is 15.7. The molecular weight excluding hydrogens is 382 g/mol. The maximum atomic E-state index is 4.93. The van der Waals surface area contributed by atoms with Gasteiger partial charge in [-0.15, -0.1) is 0 Å². The van der Waals surface area contributed by atoms with Crippen LogP contribution < -0.4 is 0 Å². The third-order valence-electron chi connectivity index (χ3n) is 7.33. The van der Waals surface area contributed by atoms with Gasteiger partial charge < -0.3 is 14.5 Å². The number of H-pyrrole nitrogens is 1. The molecule has 162 valence electrons. The highest BCUT2D eigenvalue weighted by Crippen LogP contribution is 2.30. The van der Waals surface area contributed by atoms with E-state index in [4.69, 9.17) is 9.97 Å². The molecule has 2 aromatic heterocycles. The molecule has 0 radical (unpaired) electrons. The van der Waals surface area contributed by atoms with Gasteiger partial charge in [0.1, 0.15) is 5.82 Å². The fourth-order valence-electron chi connectivity index (χ4n) is 5.05. The Morgan fingerprint density at radius 2 is 1.81 bits per heavy atom. The molecule has 1 aliphatic rings. The minimum atomic E-state index is 0.888. The number of nitrogens with zero attached hydrogens (tertiary/aromatic N) is 4. The van der Waals surface area contributed by atoms with Crippen molar-refractivity contribution in [2.75, 3.05) is 20.1 Å². The molecule has 31 heavy (non-hydrogen) atoms. The third kappa shape index (κ3) is 3.76. The van der Waals surface area contributed by atoms with Crippen LogP contribution in [0.4, 0.5) is 0 Å². The second-order valence-corrected chi connectivity index (χ2v) is 9.42. The number of aryl methyl sites for hydroxylation is 4. The Balaban J connectivity index is 1.37. The van der Waals surface area contributed by atoms with Crippen molar-refractivity contribution in [3.8, 4) is 11.4 Å². The summed E-state index contributed by atoms with van der Waals surface area (Å²) in [5, 5.41) is 0. The molecule has 5 rings (SSSR count). The van der Waals surface area contributed by atoms with Gasteiger partial charge in [-0.25, -0.2) is 9.97 Å². The Morgan fingerprint density at radius 3 is 2.61 bits per heavy atom. The predicted molar refractivity (Wildman–Crippen MR) is 128 cm³/mol. The Morgan fingerprint density at radius 1 is 1.00 bits per heavy atom. The zero-order chi connectivity index (χ0) is 21.5. The lowest BCUT2D eigenvalue weighted by Gasteiger charge is -2.28. The number of aromatic nitrogens is 4. The van der Waals surface area contributed by atoms with Crippen LogP contribution in [-0.2, 0) is 6.54 Å². The molecule has 3 heterocycles. The van der Waals surface area contributed by atoms with Gasteiger partial charge in [-0.05, 0) is 107 Å². The average molecular weight is 416 g/mol. The number of imidazole rings is 2. The van der Waals surface area contributed by atoms with E-state index in [9.17, 15) is 0 Å². The minimum Gasteiger partial charge on any atom is -0.338 e. The predicted octanol–water partition coefficient (Wildman–Crippen LogP) is 5.63. The average Bonchev–Trinajstić information content (AvgIpc) is 3.38. The molecule has 1 N–H and O–H groups in total. The molecule has 1 fully saturated rings. The van der Waals surface area contributed by atoms with Crippen LogP contribution in [0.1, 0.15) is 42.4 Å². The Labute approximate surface area is 184 Å². The number of hydrogen-bond acceptors (Lipinski definition) is 3. The Kier molecular flexibility index (Phi) is 5.30. The van der Waals surface area contributed by atoms with Crippen molar-refractivity contribution in [2.45, 2.75) is 53.0 Å². The molecule has 0 unspecified atom stereocenters. The molecule has 0 atom stereocenters. The van der Waals surface area contributed by atoms with E-state index in [1.807, 2.05) is 6.33 Å². The lowest BCUT2D eigenvalue weighted by molar-refractivity contribution is 0.209. The van der Waals surface area contributed by atoms with Gasteiger partial charge >= 0.3 is 0 Å². The summed E-state index contributed by atoms with van der Waals surface area (Å²) in [6, 6.07) is 8.70. The monoisotopic (exact) mass is 415 g/mol. The first-order valence-corrected chi connectivity index (χ1v) is 11.6. The van der Waals surface area contributed by atoms with Crippen LogP contribution in [0.15, 0.2) is 30.6 Å². The van der Waals surface area contributed by atoms with Crippen LogP contribution in [-0.4, -0.2) is 44.6 Å². The van der Waals surface area contributed by atoms with E-state index in [0.29, 0.717) is 0 Å². The standard InChI is InChI=1S/C26H33N5/c1-17-7-9-22-24(18(17)2)29-26(28-22)21-8-10-23-25(19(21)3)27-16-31(23)13-5-6-20-11-14-30(4)15-12-20/h7-10,16,20H,5-6,11-15H2,1-4H3,(H,28,29). The molecule has 5 heteroatoms. The topological polar surface area (TPSA) is 49.7 Å². The van der Waals surface area contributed by atoms with Crippen LogP contribution in [0, 0.1) is 26.7 Å². The highest BCUT2D eigenvalue weighted by molar-refractivity contribution is 5.88. The summed E-state index contributed by atoms with van der Waals surface area (Å²) >= 11 is 0. The maximum absolute atomic E-state index is 4.93. The molecule has 0 aliphatic carbocycles. The fraction of sp³-hybridized carbons (Fsp3) is 0.462. The zero-order valence-electron chi connectivity index (χ0n) is 19.2. The van der Waals surface area contributed by atoms with Crippen LogP contribution in [0.5, 0.6) is 0 Å². The van der Waals surface area contributed by atoms with E-state index in [-0.39, 0.29) is 0 Å². The summed E-state index contributed by atoms with van der Waals surface area (Å²) in [6.45, 7) is 10.00. The van der Waals surface area contributed by atoms with Gasteiger partial charge in [-0.2, -0.15) is 0 Å². The lowest BCUT2D eigenvalue weighted by Crippen LogP contribution is -2.30.